The van der Waals surface area contributed by atoms with E-state index >= 15 is 0 Å². The summed E-state index contributed by atoms with van der Waals surface area (Å²) in [7, 11) is 0. The number of ether oxygens (including phenoxy) is 1. The molecule has 0 saturated carbocycles. The fourth-order valence-electron chi connectivity index (χ4n) is 8.06. The van der Waals surface area contributed by atoms with Gasteiger partial charge in [-0.2, -0.15) is 0 Å². The maximum atomic E-state index is 12.3. The zero-order valence-electron chi connectivity index (χ0n) is 35.7. The van der Waals surface area contributed by atoms with E-state index in [-0.39, 0.29) is 11.9 Å². The third-order valence-electron chi connectivity index (χ3n) is 11.6. The van der Waals surface area contributed by atoms with Gasteiger partial charge in [-0.25, -0.2) is 0 Å². The molecule has 304 valence electrons. The lowest BCUT2D eigenvalue weighted by Crippen LogP contribution is -2.11. The summed E-state index contributed by atoms with van der Waals surface area (Å²) in [5.41, 5.74) is 0. The molecule has 0 spiro atoms. The molecule has 0 amide bonds. The van der Waals surface area contributed by atoms with Crippen LogP contribution < -0.4 is 0 Å². The minimum absolute atomic E-state index is 0.309. The summed E-state index contributed by atoms with van der Waals surface area (Å²) in [6.07, 6.45) is 51.4. The van der Waals surface area contributed by atoms with Gasteiger partial charge >= 0.3 is 11.9 Å². The first-order valence-electron chi connectivity index (χ1n) is 23.8. The van der Waals surface area contributed by atoms with E-state index in [2.05, 4.69) is 27.7 Å². The molecule has 0 bridgehead atoms. The predicted octanol–water partition coefficient (Wildman–Crippen LogP) is 17.0. The van der Waals surface area contributed by atoms with Gasteiger partial charge in [0.1, 0.15) is 0 Å². The van der Waals surface area contributed by atoms with Gasteiger partial charge in [0.25, 0.3) is 0 Å². The van der Waals surface area contributed by atoms with E-state index in [1.54, 1.807) is 0 Å². The van der Waals surface area contributed by atoms with E-state index in [0.717, 1.165) is 37.5 Å². The summed E-state index contributed by atoms with van der Waals surface area (Å²) in [6, 6.07) is 0. The molecule has 0 aliphatic carbocycles. The van der Waals surface area contributed by atoms with Gasteiger partial charge in [-0.15, -0.1) is 0 Å². The van der Waals surface area contributed by atoms with Crippen molar-refractivity contribution in [2.75, 3.05) is 0 Å². The van der Waals surface area contributed by atoms with Crippen molar-refractivity contribution in [2.45, 2.75) is 285 Å². The average molecular weight is 719 g/mol. The second-order valence-electron chi connectivity index (χ2n) is 16.7. The first-order chi connectivity index (χ1) is 25.1. The average Bonchev–Trinajstić information content (AvgIpc) is 3.12. The van der Waals surface area contributed by atoms with Crippen molar-refractivity contribution in [3.05, 3.63) is 0 Å². The highest BCUT2D eigenvalue weighted by Gasteiger charge is 2.13. The van der Waals surface area contributed by atoms with Gasteiger partial charge in [0.2, 0.25) is 0 Å². The van der Waals surface area contributed by atoms with Crippen LogP contribution in [0.3, 0.4) is 0 Å². The third-order valence-corrected chi connectivity index (χ3v) is 11.6. The van der Waals surface area contributed by atoms with E-state index in [1.807, 2.05) is 0 Å². The Labute approximate surface area is 321 Å². The Bertz CT molecular complexity index is 613. The lowest BCUT2D eigenvalue weighted by molar-refractivity contribution is -0.159. The fraction of sp³-hybridized carbons (Fsp3) is 0.958. The largest absolute Gasteiger partial charge is 0.393 e. The van der Waals surface area contributed by atoms with Crippen LogP contribution in [0.25, 0.3) is 0 Å². The number of unbranched alkanes of at least 4 members (excludes halogenated alkanes) is 26. The van der Waals surface area contributed by atoms with Crippen LogP contribution in [0.2, 0.25) is 0 Å². The summed E-state index contributed by atoms with van der Waals surface area (Å²) in [6.45, 7) is 9.19. The maximum absolute atomic E-state index is 12.3. The van der Waals surface area contributed by atoms with Gasteiger partial charge in [-0.1, -0.05) is 259 Å². The van der Waals surface area contributed by atoms with Crippen LogP contribution in [0.1, 0.15) is 285 Å². The molecule has 0 N–H and O–H groups in total. The standard InChI is InChI=1S/C48H94O3/c1-5-9-13-17-21-29-37-45(38-30-22-18-14-10-6-2)41-33-25-27-35-43-47(49)51-48(50)44-36-28-26-34-42-46(39-31-23-19-15-11-7-3)40-32-24-20-16-12-8-4/h45-46H,5-44H2,1-4H3. The fourth-order valence-corrected chi connectivity index (χ4v) is 8.06. The van der Waals surface area contributed by atoms with Crippen LogP contribution in [0, 0.1) is 11.8 Å². The third kappa shape index (κ3) is 38.7. The molecule has 3 nitrogen and oxygen atoms in total. The molecular formula is C48H94O3. The van der Waals surface area contributed by atoms with Gasteiger partial charge in [-0.05, 0) is 24.7 Å². The number of hydrogen-bond acceptors (Lipinski definition) is 3. The molecule has 0 aliphatic heterocycles. The molecule has 0 heterocycles. The number of hydrogen-bond donors (Lipinski definition) is 0. The summed E-state index contributed by atoms with van der Waals surface area (Å²) in [5.74, 6) is 1.16. The summed E-state index contributed by atoms with van der Waals surface area (Å²) in [4.78, 5) is 24.6. The number of rotatable bonds is 42. The minimum atomic E-state index is -0.309. The van der Waals surface area contributed by atoms with Crippen LogP contribution in [0.5, 0.6) is 0 Å². The van der Waals surface area contributed by atoms with E-state index in [4.69, 9.17) is 4.74 Å². The molecule has 51 heavy (non-hydrogen) atoms. The molecule has 0 aromatic heterocycles. The van der Waals surface area contributed by atoms with Crippen molar-refractivity contribution < 1.29 is 14.3 Å². The first kappa shape index (κ1) is 50.1. The highest BCUT2D eigenvalue weighted by Crippen LogP contribution is 2.26. The molecule has 0 atom stereocenters. The topological polar surface area (TPSA) is 43.4 Å². The molecule has 0 rings (SSSR count). The van der Waals surface area contributed by atoms with Gasteiger partial charge in [-0.3, -0.25) is 9.59 Å². The lowest BCUT2D eigenvalue weighted by Gasteiger charge is -2.17. The second kappa shape index (κ2) is 41.9. The van der Waals surface area contributed by atoms with Gasteiger partial charge < -0.3 is 4.74 Å². The molecule has 0 fully saturated rings. The minimum Gasteiger partial charge on any atom is -0.393 e. The van der Waals surface area contributed by atoms with E-state index in [0.29, 0.717) is 12.8 Å². The van der Waals surface area contributed by atoms with Gasteiger partial charge in [0.15, 0.2) is 0 Å². The Morgan fingerprint density at radius 3 is 0.725 bits per heavy atom. The van der Waals surface area contributed by atoms with Gasteiger partial charge in [0, 0.05) is 12.8 Å². The van der Waals surface area contributed by atoms with E-state index < -0.39 is 0 Å². The van der Waals surface area contributed by atoms with Crippen LogP contribution >= 0.6 is 0 Å². The number of esters is 2. The monoisotopic (exact) mass is 719 g/mol. The maximum Gasteiger partial charge on any atom is 0.313 e. The number of carbonyl (C=O) groups is 2. The van der Waals surface area contributed by atoms with E-state index in [1.165, 1.54) is 218 Å². The summed E-state index contributed by atoms with van der Waals surface area (Å²) >= 11 is 0. The molecule has 0 aromatic rings. The Balaban J connectivity index is 4.09. The van der Waals surface area contributed by atoms with Crippen LogP contribution in [-0.2, 0) is 14.3 Å². The highest BCUT2D eigenvalue weighted by atomic mass is 16.6. The zero-order valence-corrected chi connectivity index (χ0v) is 35.7. The zero-order chi connectivity index (χ0) is 37.3. The van der Waals surface area contributed by atoms with E-state index in [9.17, 15) is 9.59 Å². The second-order valence-corrected chi connectivity index (χ2v) is 16.7. The Morgan fingerprint density at radius 1 is 0.294 bits per heavy atom. The SMILES string of the molecule is CCCCCCCCC(CCCCCCCC)CCCCCCC(=O)OC(=O)CCCCCCC(CCCCCCCC)CCCCCCCC. The summed E-state index contributed by atoms with van der Waals surface area (Å²) < 4.78 is 5.18. The van der Waals surface area contributed by atoms with Crippen molar-refractivity contribution in [1.29, 1.82) is 0 Å². The molecule has 0 aromatic carbocycles. The van der Waals surface area contributed by atoms with Crippen molar-refractivity contribution >= 4 is 11.9 Å². The van der Waals surface area contributed by atoms with Crippen molar-refractivity contribution in [3.8, 4) is 0 Å². The normalized spacial score (nSPS) is 11.6. The smallest absolute Gasteiger partial charge is 0.313 e. The quantitative estimate of drug-likeness (QED) is 0.0358. The van der Waals surface area contributed by atoms with Crippen molar-refractivity contribution in [1.82, 2.24) is 0 Å². The molecule has 0 aliphatic rings. The summed E-state index contributed by atoms with van der Waals surface area (Å²) in [5, 5.41) is 0. The predicted molar refractivity (Wildman–Crippen MR) is 225 cm³/mol. The Morgan fingerprint density at radius 2 is 0.490 bits per heavy atom. The first-order valence-corrected chi connectivity index (χ1v) is 23.8. The Kier molecular flexibility index (Phi) is 41.2. The van der Waals surface area contributed by atoms with Gasteiger partial charge in [0.05, 0.1) is 0 Å². The molecular weight excluding hydrogens is 625 g/mol. The van der Waals surface area contributed by atoms with Crippen molar-refractivity contribution in [3.63, 3.8) is 0 Å². The molecule has 0 unspecified atom stereocenters. The lowest BCUT2D eigenvalue weighted by atomic mass is 9.89. The van der Waals surface area contributed by atoms with Crippen LogP contribution in [0.4, 0.5) is 0 Å². The van der Waals surface area contributed by atoms with Crippen LogP contribution in [0.15, 0.2) is 0 Å². The number of carbonyl (C=O) groups excluding carboxylic acids is 2. The Hall–Kier alpha value is -0.860. The highest BCUT2D eigenvalue weighted by molar-refractivity contribution is 5.85. The molecule has 0 radical (unpaired) electrons. The van der Waals surface area contributed by atoms with Crippen LogP contribution in [-0.4, -0.2) is 11.9 Å². The molecule has 0 saturated heterocycles. The van der Waals surface area contributed by atoms with Crippen molar-refractivity contribution in [2.24, 2.45) is 11.8 Å². The molecule has 3 heteroatoms.